The zero-order chi connectivity index (χ0) is 13.5. The Bertz CT molecular complexity index is 408. The molecule has 0 radical (unpaired) electrons. The molecular formula is C13H17NO3S. The topological polar surface area (TPSA) is 57.6 Å². The third kappa shape index (κ3) is 3.77. The third-order valence-corrected chi connectivity index (χ3v) is 3.33. The molecule has 0 fully saturated rings. The quantitative estimate of drug-likeness (QED) is 0.856. The number of nitrogens with zero attached hydrogens (tertiary/aromatic N) is 1. The number of hydrogen-bond donors (Lipinski definition) is 1. The molecule has 0 aliphatic rings. The first kappa shape index (κ1) is 14.6. The maximum absolute atomic E-state index is 12.1. The molecule has 1 aromatic carbocycles. The molecular weight excluding hydrogens is 250 g/mol. The van der Waals surface area contributed by atoms with Crippen molar-refractivity contribution in [3.8, 4) is 0 Å². The number of carboxylic acids is 1. The highest BCUT2D eigenvalue weighted by atomic mass is 32.2. The van der Waals surface area contributed by atoms with Crippen LogP contribution in [0.1, 0.15) is 16.8 Å². The van der Waals surface area contributed by atoms with E-state index in [0.29, 0.717) is 17.7 Å². The molecule has 0 aliphatic carbocycles. The van der Waals surface area contributed by atoms with Crippen LogP contribution in [0.25, 0.3) is 0 Å². The minimum absolute atomic E-state index is 0.260. The van der Waals surface area contributed by atoms with Crippen LogP contribution in [0.15, 0.2) is 30.3 Å². The lowest BCUT2D eigenvalue weighted by molar-refractivity contribution is -0.142. The van der Waals surface area contributed by atoms with Gasteiger partial charge in [0, 0.05) is 12.6 Å². The SMILES string of the molecule is CSCC[C@@H](C(=O)O)N(C)C(=O)c1ccccc1. The second kappa shape index (κ2) is 7.06. The minimum atomic E-state index is -0.962. The molecule has 1 N–H and O–H groups in total. The number of benzene rings is 1. The van der Waals surface area contributed by atoms with Gasteiger partial charge in [-0.2, -0.15) is 11.8 Å². The van der Waals surface area contributed by atoms with E-state index < -0.39 is 12.0 Å². The number of thioether (sulfide) groups is 1. The van der Waals surface area contributed by atoms with Crippen molar-refractivity contribution in [1.29, 1.82) is 0 Å². The van der Waals surface area contributed by atoms with Gasteiger partial charge in [0.15, 0.2) is 0 Å². The van der Waals surface area contributed by atoms with E-state index in [1.165, 1.54) is 11.9 Å². The number of rotatable bonds is 6. The predicted molar refractivity (Wildman–Crippen MR) is 73.0 cm³/mol. The maximum atomic E-state index is 12.1. The smallest absolute Gasteiger partial charge is 0.326 e. The van der Waals surface area contributed by atoms with Crippen molar-refractivity contribution in [1.82, 2.24) is 4.90 Å². The summed E-state index contributed by atoms with van der Waals surface area (Å²) in [6.07, 6.45) is 2.36. The van der Waals surface area contributed by atoms with Crippen LogP contribution < -0.4 is 0 Å². The monoisotopic (exact) mass is 267 g/mol. The van der Waals surface area contributed by atoms with E-state index in [0.717, 1.165) is 0 Å². The number of carbonyl (C=O) groups is 2. The van der Waals surface area contributed by atoms with E-state index in [-0.39, 0.29) is 5.91 Å². The summed E-state index contributed by atoms with van der Waals surface area (Å²) in [5.41, 5.74) is 0.510. The standard InChI is InChI=1S/C13H17NO3S/c1-14(11(13(16)17)8-9-18-2)12(15)10-6-4-3-5-7-10/h3-7,11H,8-9H2,1-2H3,(H,16,17)/t11-/m0/s1. The fourth-order valence-corrected chi connectivity index (χ4v) is 2.10. The maximum Gasteiger partial charge on any atom is 0.326 e. The van der Waals surface area contributed by atoms with Crippen LogP contribution in [0.4, 0.5) is 0 Å². The molecule has 0 saturated carbocycles. The van der Waals surface area contributed by atoms with Gasteiger partial charge in [-0.3, -0.25) is 4.79 Å². The first-order valence-electron chi connectivity index (χ1n) is 5.62. The van der Waals surface area contributed by atoms with Crippen LogP contribution in [-0.4, -0.2) is 47.0 Å². The lowest BCUT2D eigenvalue weighted by Gasteiger charge is -2.24. The van der Waals surface area contributed by atoms with Crippen molar-refractivity contribution < 1.29 is 14.7 Å². The third-order valence-electron chi connectivity index (χ3n) is 2.69. The summed E-state index contributed by atoms with van der Waals surface area (Å²) in [5.74, 6) is -0.511. The Balaban J connectivity index is 2.80. The summed E-state index contributed by atoms with van der Waals surface area (Å²) >= 11 is 1.57. The molecule has 98 valence electrons. The van der Waals surface area contributed by atoms with Gasteiger partial charge in [-0.1, -0.05) is 18.2 Å². The number of carboxylic acid groups (broad SMARTS) is 1. The molecule has 18 heavy (non-hydrogen) atoms. The van der Waals surface area contributed by atoms with Crippen molar-refractivity contribution >= 4 is 23.6 Å². The van der Waals surface area contributed by atoms with E-state index in [2.05, 4.69) is 0 Å². The van der Waals surface area contributed by atoms with Gasteiger partial charge >= 0.3 is 5.97 Å². The van der Waals surface area contributed by atoms with Gasteiger partial charge in [-0.15, -0.1) is 0 Å². The molecule has 0 aromatic heterocycles. The average Bonchev–Trinajstić information content (AvgIpc) is 2.38. The summed E-state index contributed by atoms with van der Waals surface area (Å²) in [4.78, 5) is 24.6. The molecule has 0 heterocycles. The molecule has 1 aromatic rings. The van der Waals surface area contributed by atoms with Crippen molar-refractivity contribution in [2.24, 2.45) is 0 Å². The van der Waals surface area contributed by atoms with E-state index in [9.17, 15) is 9.59 Å². The highest BCUT2D eigenvalue weighted by molar-refractivity contribution is 7.98. The van der Waals surface area contributed by atoms with Crippen molar-refractivity contribution in [3.63, 3.8) is 0 Å². The molecule has 5 heteroatoms. The molecule has 1 atom stereocenters. The summed E-state index contributed by atoms with van der Waals surface area (Å²) in [5, 5.41) is 9.16. The highest BCUT2D eigenvalue weighted by Gasteiger charge is 2.26. The van der Waals surface area contributed by atoms with E-state index in [1.807, 2.05) is 12.3 Å². The van der Waals surface area contributed by atoms with E-state index in [1.54, 1.807) is 36.0 Å². The lowest BCUT2D eigenvalue weighted by Crippen LogP contribution is -2.42. The van der Waals surface area contributed by atoms with Crippen molar-refractivity contribution in [3.05, 3.63) is 35.9 Å². The molecule has 0 aliphatic heterocycles. The van der Waals surface area contributed by atoms with Gasteiger partial charge in [0.05, 0.1) is 0 Å². The summed E-state index contributed by atoms with van der Waals surface area (Å²) in [6, 6.07) is 7.94. The zero-order valence-corrected chi connectivity index (χ0v) is 11.3. The van der Waals surface area contributed by atoms with Crippen LogP contribution in [0, 0.1) is 0 Å². The van der Waals surface area contributed by atoms with Crippen molar-refractivity contribution in [2.75, 3.05) is 19.1 Å². The van der Waals surface area contributed by atoms with Crippen LogP contribution in [0.2, 0.25) is 0 Å². The molecule has 0 unspecified atom stereocenters. The lowest BCUT2D eigenvalue weighted by atomic mass is 10.1. The molecule has 0 spiro atoms. The van der Waals surface area contributed by atoms with Crippen LogP contribution in [-0.2, 0) is 4.79 Å². The number of hydrogen-bond acceptors (Lipinski definition) is 3. The largest absolute Gasteiger partial charge is 0.480 e. The van der Waals surface area contributed by atoms with Gasteiger partial charge in [-0.05, 0) is 30.6 Å². The van der Waals surface area contributed by atoms with Gasteiger partial charge in [0.2, 0.25) is 0 Å². The first-order chi connectivity index (χ1) is 8.57. The fourth-order valence-electron chi connectivity index (χ4n) is 1.64. The van der Waals surface area contributed by atoms with Gasteiger partial charge in [0.1, 0.15) is 6.04 Å². The Morgan fingerprint density at radius 1 is 1.33 bits per heavy atom. The zero-order valence-electron chi connectivity index (χ0n) is 10.5. The Hall–Kier alpha value is -1.49. The number of amides is 1. The Morgan fingerprint density at radius 2 is 1.94 bits per heavy atom. The predicted octanol–water partition coefficient (Wildman–Crippen LogP) is 1.96. The number of likely N-dealkylation sites (N-methyl/N-ethyl adjacent to an activating group) is 1. The normalized spacial score (nSPS) is 11.9. The first-order valence-corrected chi connectivity index (χ1v) is 7.01. The average molecular weight is 267 g/mol. The van der Waals surface area contributed by atoms with Crippen LogP contribution in [0.3, 0.4) is 0 Å². The van der Waals surface area contributed by atoms with Gasteiger partial charge in [-0.25, -0.2) is 4.79 Å². The molecule has 1 rings (SSSR count). The fraction of sp³-hybridized carbons (Fsp3) is 0.385. The minimum Gasteiger partial charge on any atom is -0.480 e. The van der Waals surface area contributed by atoms with Gasteiger partial charge < -0.3 is 10.0 Å². The van der Waals surface area contributed by atoms with Crippen LogP contribution in [0.5, 0.6) is 0 Å². The van der Waals surface area contributed by atoms with Crippen LogP contribution >= 0.6 is 11.8 Å². The Kier molecular flexibility index (Phi) is 5.71. The summed E-state index contributed by atoms with van der Waals surface area (Å²) in [6.45, 7) is 0. The van der Waals surface area contributed by atoms with E-state index in [4.69, 9.17) is 5.11 Å². The summed E-state index contributed by atoms with van der Waals surface area (Å²) < 4.78 is 0. The Labute approximate surface area is 111 Å². The molecule has 4 nitrogen and oxygen atoms in total. The molecule has 1 amide bonds. The second-order valence-corrected chi connectivity index (χ2v) is 4.90. The molecule has 0 bridgehead atoms. The number of aliphatic carboxylic acids is 1. The Morgan fingerprint density at radius 3 is 2.44 bits per heavy atom. The number of carbonyl (C=O) groups excluding carboxylic acids is 1. The second-order valence-electron chi connectivity index (χ2n) is 3.92. The molecule has 0 saturated heterocycles. The van der Waals surface area contributed by atoms with Crippen molar-refractivity contribution in [2.45, 2.75) is 12.5 Å². The van der Waals surface area contributed by atoms with E-state index >= 15 is 0 Å². The highest BCUT2D eigenvalue weighted by Crippen LogP contribution is 2.11. The summed E-state index contributed by atoms with van der Waals surface area (Å²) in [7, 11) is 1.54. The van der Waals surface area contributed by atoms with Gasteiger partial charge in [0.25, 0.3) is 5.91 Å².